The van der Waals surface area contributed by atoms with Crippen LogP contribution in [0, 0.1) is 5.92 Å². The molecular formula is C19H27NO6. The van der Waals surface area contributed by atoms with Gasteiger partial charge in [0.05, 0.1) is 12.7 Å². The molecule has 0 radical (unpaired) electrons. The molecule has 0 aromatic heterocycles. The van der Waals surface area contributed by atoms with Crippen LogP contribution >= 0.6 is 0 Å². The molecule has 2 rings (SSSR count). The first-order chi connectivity index (χ1) is 11.5. The van der Waals surface area contributed by atoms with E-state index in [1.165, 1.54) is 13.2 Å². The molecule has 0 fully saturated rings. The molecule has 0 aliphatic carbocycles. The van der Waals surface area contributed by atoms with Crippen LogP contribution in [-0.4, -0.2) is 41.4 Å². The summed E-state index contributed by atoms with van der Waals surface area (Å²) in [6.45, 7) is 2.31. The predicted octanol–water partition coefficient (Wildman–Crippen LogP) is 1.44. The van der Waals surface area contributed by atoms with Crippen molar-refractivity contribution in [1.29, 1.82) is 0 Å². The van der Waals surface area contributed by atoms with E-state index < -0.39 is 0 Å². The average Bonchev–Trinajstić information content (AvgIpc) is 2.56. The summed E-state index contributed by atoms with van der Waals surface area (Å²) in [4.78, 5) is 24.2. The second-order valence-electron chi connectivity index (χ2n) is 5.92. The van der Waals surface area contributed by atoms with Gasteiger partial charge < -0.3 is 26.1 Å². The van der Waals surface area contributed by atoms with Gasteiger partial charge in [-0.3, -0.25) is 9.59 Å². The number of carbonyl (C=O) groups is 2. The van der Waals surface area contributed by atoms with Crippen molar-refractivity contribution < 1.29 is 30.4 Å². The zero-order valence-electron chi connectivity index (χ0n) is 15.0. The number of amides is 1. The second-order valence-corrected chi connectivity index (χ2v) is 5.92. The number of ether oxygens (including phenoxy) is 1. The maximum absolute atomic E-state index is 12.5. The van der Waals surface area contributed by atoms with Crippen LogP contribution in [0.25, 0.3) is 6.08 Å². The minimum absolute atomic E-state index is 0. The molecule has 7 heteroatoms. The van der Waals surface area contributed by atoms with Crippen molar-refractivity contribution in [3.05, 3.63) is 41.5 Å². The molecule has 1 atom stereocenters. The lowest BCUT2D eigenvalue weighted by atomic mass is 10.0. The molecule has 1 aromatic rings. The fourth-order valence-electron chi connectivity index (χ4n) is 2.49. The highest BCUT2D eigenvalue weighted by Crippen LogP contribution is 2.29. The van der Waals surface area contributed by atoms with Gasteiger partial charge in [0.15, 0.2) is 5.78 Å². The first-order valence-electron chi connectivity index (χ1n) is 8.08. The minimum Gasteiger partial charge on any atom is -0.507 e. The highest BCUT2D eigenvalue weighted by Gasteiger charge is 2.17. The molecule has 1 amide bonds. The van der Waals surface area contributed by atoms with Gasteiger partial charge in [-0.15, -0.1) is 0 Å². The molecule has 1 heterocycles. The lowest BCUT2D eigenvalue weighted by Gasteiger charge is -2.13. The molecule has 144 valence electrons. The van der Waals surface area contributed by atoms with E-state index in [0.29, 0.717) is 30.7 Å². The molecule has 0 saturated carbocycles. The molecule has 1 aromatic carbocycles. The third kappa shape index (κ3) is 6.34. The Morgan fingerprint density at radius 2 is 1.92 bits per heavy atom. The zero-order chi connectivity index (χ0) is 17.5. The number of benzene rings is 1. The zero-order valence-corrected chi connectivity index (χ0v) is 15.0. The Morgan fingerprint density at radius 3 is 2.62 bits per heavy atom. The summed E-state index contributed by atoms with van der Waals surface area (Å²) in [6, 6.07) is 3.14. The highest BCUT2D eigenvalue weighted by molar-refractivity contribution is 6.00. The van der Waals surface area contributed by atoms with Crippen molar-refractivity contribution in [3.8, 4) is 11.5 Å². The van der Waals surface area contributed by atoms with E-state index >= 15 is 0 Å². The Balaban J connectivity index is 0.00000312. The van der Waals surface area contributed by atoms with Crippen LogP contribution in [0.2, 0.25) is 0 Å². The van der Waals surface area contributed by atoms with E-state index in [9.17, 15) is 14.7 Å². The maximum atomic E-state index is 12.5. The van der Waals surface area contributed by atoms with Crippen LogP contribution < -0.4 is 10.1 Å². The molecule has 1 aliphatic heterocycles. The molecule has 26 heavy (non-hydrogen) atoms. The van der Waals surface area contributed by atoms with E-state index in [-0.39, 0.29) is 39.9 Å². The Morgan fingerprint density at radius 1 is 1.19 bits per heavy atom. The number of nitrogens with one attached hydrogen (secondary N) is 1. The number of phenols is 1. The van der Waals surface area contributed by atoms with Crippen LogP contribution in [0.3, 0.4) is 0 Å². The smallest absolute Gasteiger partial charge is 0.255 e. The van der Waals surface area contributed by atoms with Crippen molar-refractivity contribution >= 4 is 17.8 Å². The second kappa shape index (κ2) is 11.1. The highest BCUT2D eigenvalue weighted by atomic mass is 16.5. The molecule has 0 spiro atoms. The van der Waals surface area contributed by atoms with E-state index in [4.69, 9.17) is 4.74 Å². The molecule has 0 bridgehead atoms. The van der Waals surface area contributed by atoms with Gasteiger partial charge >= 0.3 is 0 Å². The van der Waals surface area contributed by atoms with Gasteiger partial charge in [-0.2, -0.15) is 0 Å². The maximum Gasteiger partial charge on any atom is 0.255 e. The normalized spacial score (nSPS) is 20.3. The standard InChI is InChI=1S/C19H23NO4.2H2O/c1-13-8-9-15(21)7-5-3-4-6-14-10-16(24-2)11-17(22)18(14)19(23)20-12-13;;/h4,6,8-11,13,22H,3,5,7,12H2,1-2H3,(H,20,23);2*1H2/b6-4+,9-8-;;/t13-;;/m1../s1. The largest absolute Gasteiger partial charge is 0.507 e. The van der Waals surface area contributed by atoms with Gasteiger partial charge in [-0.05, 0) is 36.5 Å². The SMILES string of the molecule is COc1cc(O)c2c(c1)/C=C/CCCC(=O)/C=C\[C@@H](C)CNC2=O.O.O. The topological polar surface area (TPSA) is 139 Å². The Bertz CT molecular complexity index is 681. The van der Waals surface area contributed by atoms with Gasteiger partial charge in [0.1, 0.15) is 11.5 Å². The number of hydrogen-bond acceptors (Lipinski definition) is 4. The predicted molar refractivity (Wildman–Crippen MR) is 100 cm³/mol. The summed E-state index contributed by atoms with van der Waals surface area (Å²) in [5, 5.41) is 13.0. The van der Waals surface area contributed by atoms with Crippen LogP contribution in [0.5, 0.6) is 11.5 Å². The Kier molecular flexibility index (Phi) is 9.94. The fraction of sp³-hybridized carbons (Fsp3) is 0.368. The fourth-order valence-corrected chi connectivity index (χ4v) is 2.49. The van der Waals surface area contributed by atoms with E-state index in [1.54, 1.807) is 24.3 Å². The third-order valence-corrected chi connectivity index (χ3v) is 3.87. The van der Waals surface area contributed by atoms with Gasteiger partial charge in [-0.1, -0.05) is 25.2 Å². The van der Waals surface area contributed by atoms with Crippen molar-refractivity contribution in [2.75, 3.05) is 13.7 Å². The van der Waals surface area contributed by atoms with Crippen LogP contribution in [-0.2, 0) is 4.79 Å². The number of allylic oxidation sites excluding steroid dienone is 2. The monoisotopic (exact) mass is 365 g/mol. The van der Waals surface area contributed by atoms with Crippen molar-refractivity contribution in [1.82, 2.24) is 5.32 Å². The van der Waals surface area contributed by atoms with Crippen molar-refractivity contribution in [3.63, 3.8) is 0 Å². The van der Waals surface area contributed by atoms with Gasteiger partial charge in [0.2, 0.25) is 0 Å². The van der Waals surface area contributed by atoms with Gasteiger partial charge in [-0.25, -0.2) is 0 Å². The molecule has 0 unspecified atom stereocenters. The lowest BCUT2D eigenvalue weighted by Crippen LogP contribution is -2.28. The number of ketones is 1. The third-order valence-electron chi connectivity index (χ3n) is 3.87. The number of fused-ring (bicyclic) bond motifs is 1. The lowest BCUT2D eigenvalue weighted by molar-refractivity contribution is -0.114. The first-order valence-corrected chi connectivity index (χ1v) is 8.08. The molecule has 6 N–H and O–H groups in total. The number of phenolic OH excluding ortho intramolecular Hbond substituents is 1. The molecule has 7 nitrogen and oxygen atoms in total. The van der Waals surface area contributed by atoms with Crippen molar-refractivity contribution in [2.45, 2.75) is 26.2 Å². The van der Waals surface area contributed by atoms with Crippen LogP contribution in [0.15, 0.2) is 30.4 Å². The number of hydrogen-bond donors (Lipinski definition) is 2. The van der Waals surface area contributed by atoms with Gasteiger partial charge in [0, 0.05) is 19.0 Å². The number of aromatic hydroxyl groups is 1. The summed E-state index contributed by atoms with van der Waals surface area (Å²) in [6.07, 6.45) is 9.03. The number of methoxy groups -OCH3 is 1. The van der Waals surface area contributed by atoms with E-state index in [2.05, 4.69) is 5.32 Å². The Hall–Kier alpha value is -2.64. The summed E-state index contributed by atoms with van der Waals surface area (Å²) < 4.78 is 5.16. The number of rotatable bonds is 1. The summed E-state index contributed by atoms with van der Waals surface area (Å²) in [5.74, 6) is 0.144. The molecule has 0 saturated heterocycles. The van der Waals surface area contributed by atoms with E-state index in [0.717, 1.165) is 6.42 Å². The molecule has 1 aliphatic rings. The van der Waals surface area contributed by atoms with Gasteiger partial charge in [0.25, 0.3) is 5.91 Å². The quantitative estimate of drug-likeness (QED) is 0.777. The number of carbonyl (C=O) groups excluding carboxylic acids is 2. The first kappa shape index (κ1) is 23.4. The van der Waals surface area contributed by atoms with Crippen LogP contribution in [0.1, 0.15) is 42.1 Å². The molecular weight excluding hydrogens is 338 g/mol. The summed E-state index contributed by atoms with van der Waals surface area (Å²) >= 11 is 0. The minimum atomic E-state index is -0.349. The summed E-state index contributed by atoms with van der Waals surface area (Å²) in [7, 11) is 1.51. The van der Waals surface area contributed by atoms with Crippen molar-refractivity contribution in [2.24, 2.45) is 5.92 Å². The Labute approximate surface area is 153 Å². The summed E-state index contributed by atoms with van der Waals surface area (Å²) in [5.41, 5.74) is 0.826. The van der Waals surface area contributed by atoms with Crippen LogP contribution in [0.4, 0.5) is 0 Å². The average molecular weight is 365 g/mol. The van der Waals surface area contributed by atoms with E-state index in [1.807, 2.05) is 13.0 Å².